The molecule has 1 saturated heterocycles. The highest BCUT2D eigenvalue weighted by atomic mass is 16.5. The standard InChI is InChI=1S/C14H20N2O3/c1-3-19-14(18)11-5-4-8-16(9-11)13(17)12-6-7-15-10(12)2/h6-7,11,15H,3-5,8-9H2,1-2H3. The van der Waals surface area contributed by atoms with Crippen LogP contribution in [0, 0.1) is 12.8 Å². The molecule has 2 heterocycles. The average molecular weight is 264 g/mol. The number of carbonyl (C=O) groups excluding carboxylic acids is 2. The van der Waals surface area contributed by atoms with Gasteiger partial charge in [-0.05, 0) is 32.8 Å². The molecule has 1 unspecified atom stereocenters. The van der Waals surface area contributed by atoms with Crippen molar-refractivity contribution in [1.29, 1.82) is 0 Å². The Bertz CT molecular complexity index is 467. The number of rotatable bonds is 3. The van der Waals surface area contributed by atoms with Crippen molar-refractivity contribution < 1.29 is 14.3 Å². The third kappa shape index (κ3) is 2.97. The summed E-state index contributed by atoms with van der Waals surface area (Å²) in [7, 11) is 0. The molecule has 2 rings (SSSR count). The highest BCUT2D eigenvalue weighted by Gasteiger charge is 2.30. The van der Waals surface area contributed by atoms with Gasteiger partial charge in [-0.2, -0.15) is 0 Å². The van der Waals surface area contributed by atoms with Gasteiger partial charge in [0, 0.05) is 25.0 Å². The van der Waals surface area contributed by atoms with Crippen LogP contribution >= 0.6 is 0 Å². The zero-order chi connectivity index (χ0) is 13.8. The Balaban J connectivity index is 2.03. The second-order valence-corrected chi connectivity index (χ2v) is 4.86. The number of hydrogen-bond donors (Lipinski definition) is 1. The number of nitrogens with zero attached hydrogens (tertiary/aromatic N) is 1. The lowest BCUT2D eigenvalue weighted by molar-refractivity contribution is -0.149. The molecule has 1 amide bonds. The zero-order valence-corrected chi connectivity index (χ0v) is 11.4. The average Bonchev–Trinajstić information content (AvgIpc) is 2.84. The lowest BCUT2D eigenvalue weighted by Gasteiger charge is -2.31. The van der Waals surface area contributed by atoms with Crippen molar-refractivity contribution in [2.45, 2.75) is 26.7 Å². The van der Waals surface area contributed by atoms with Crippen LogP contribution < -0.4 is 0 Å². The van der Waals surface area contributed by atoms with E-state index in [0.717, 1.165) is 18.5 Å². The third-order valence-corrected chi connectivity index (χ3v) is 3.51. The summed E-state index contributed by atoms with van der Waals surface area (Å²) in [5.74, 6) is -0.379. The first-order valence-electron chi connectivity index (χ1n) is 6.73. The van der Waals surface area contributed by atoms with E-state index < -0.39 is 0 Å². The van der Waals surface area contributed by atoms with Gasteiger partial charge in [0.1, 0.15) is 0 Å². The van der Waals surface area contributed by atoms with Crippen molar-refractivity contribution in [2.24, 2.45) is 5.92 Å². The summed E-state index contributed by atoms with van der Waals surface area (Å²) in [4.78, 5) is 28.9. The van der Waals surface area contributed by atoms with Crippen molar-refractivity contribution >= 4 is 11.9 Å². The molecular weight excluding hydrogens is 244 g/mol. The monoisotopic (exact) mass is 264 g/mol. The number of esters is 1. The molecule has 19 heavy (non-hydrogen) atoms. The van der Waals surface area contributed by atoms with E-state index in [-0.39, 0.29) is 17.8 Å². The molecule has 0 aromatic carbocycles. The lowest BCUT2D eigenvalue weighted by Crippen LogP contribution is -2.42. The van der Waals surface area contributed by atoms with E-state index >= 15 is 0 Å². The number of aryl methyl sites for hydroxylation is 1. The van der Waals surface area contributed by atoms with E-state index in [1.807, 2.05) is 6.92 Å². The van der Waals surface area contributed by atoms with Crippen LogP contribution in [-0.4, -0.2) is 41.5 Å². The number of likely N-dealkylation sites (tertiary alicyclic amines) is 1. The molecule has 1 fully saturated rings. The highest BCUT2D eigenvalue weighted by molar-refractivity contribution is 5.95. The van der Waals surface area contributed by atoms with Crippen LogP contribution in [0.1, 0.15) is 35.8 Å². The second kappa shape index (κ2) is 5.91. The van der Waals surface area contributed by atoms with Crippen molar-refractivity contribution in [1.82, 2.24) is 9.88 Å². The van der Waals surface area contributed by atoms with E-state index in [9.17, 15) is 9.59 Å². The minimum atomic E-state index is -0.189. The fourth-order valence-corrected chi connectivity index (χ4v) is 2.47. The predicted octanol–water partition coefficient (Wildman–Crippen LogP) is 1.74. The van der Waals surface area contributed by atoms with Crippen LogP contribution in [0.2, 0.25) is 0 Å². The molecule has 5 heteroatoms. The van der Waals surface area contributed by atoms with E-state index in [4.69, 9.17) is 4.74 Å². The Morgan fingerprint density at radius 2 is 2.32 bits per heavy atom. The number of amides is 1. The van der Waals surface area contributed by atoms with Gasteiger partial charge in [0.15, 0.2) is 0 Å². The molecule has 1 atom stereocenters. The van der Waals surface area contributed by atoms with Gasteiger partial charge in [0.25, 0.3) is 5.91 Å². The summed E-state index contributed by atoms with van der Waals surface area (Å²) in [5.41, 5.74) is 1.55. The number of ether oxygens (including phenoxy) is 1. The normalized spacial score (nSPS) is 19.3. The van der Waals surface area contributed by atoms with Gasteiger partial charge >= 0.3 is 5.97 Å². The number of hydrogen-bond acceptors (Lipinski definition) is 3. The van der Waals surface area contributed by atoms with Crippen LogP contribution in [0.3, 0.4) is 0 Å². The van der Waals surface area contributed by atoms with Crippen LogP contribution in [0.15, 0.2) is 12.3 Å². The summed E-state index contributed by atoms with van der Waals surface area (Å²) < 4.78 is 5.04. The quantitative estimate of drug-likeness (QED) is 0.846. The van der Waals surface area contributed by atoms with Crippen LogP contribution in [0.25, 0.3) is 0 Å². The predicted molar refractivity (Wildman–Crippen MR) is 70.8 cm³/mol. The lowest BCUT2D eigenvalue weighted by atomic mass is 9.97. The second-order valence-electron chi connectivity index (χ2n) is 4.86. The first-order valence-corrected chi connectivity index (χ1v) is 6.73. The molecule has 104 valence electrons. The van der Waals surface area contributed by atoms with E-state index in [1.54, 1.807) is 24.1 Å². The first kappa shape index (κ1) is 13.6. The summed E-state index contributed by atoms with van der Waals surface area (Å²) in [6.07, 6.45) is 3.41. The van der Waals surface area contributed by atoms with Gasteiger partial charge < -0.3 is 14.6 Å². The molecular formula is C14H20N2O3. The molecule has 0 bridgehead atoms. The largest absolute Gasteiger partial charge is 0.466 e. The molecule has 0 saturated carbocycles. The summed E-state index contributed by atoms with van der Waals surface area (Å²) in [6, 6.07) is 1.78. The molecule has 5 nitrogen and oxygen atoms in total. The molecule has 1 aliphatic heterocycles. The Labute approximate surface area is 112 Å². The topological polar surface area (TPSA) is 62.4 Å². The molecule has 0 aliphatic carbocycles. The fraction of sp³-hybridized carbons (Fsp3) is 0.571. The van der Waals surface area contributed by atoms with Gasteiger partial charge in [-0.1, -0.05) is 0 Å². The maximum Gasteiger partial charge on any atom is 0.310 e. The number of piperidine rings is 1. The number of H-pyrrole nitrogens is 1. The molecule has 0 spiro atoms. The van der Waals surface area contributed by atoms with Crippen molar-refractivity contribution in [3.8, 4) is 0 Å². The smallest absolute Gasteiger partial charge is 0.310 e. The van der Waals surface area contributed by atoms with Gasteiger partial charge in [-0.3, -0.25) is 9.59 Å². The fourth-order valence-electron chi connectivity index (χ4n) is 2.47. The Morgan fingerprint density at radius 1 is 1.53 bits per heavy atom. The van der Waals surface area contributed by atoms with Gasteiger partial charge in [-0.15, -0.1) is 0 Å². The number of aromatic nitrogens is 1. The van der Waals surface area contributed by atoms with E-state index in [1.165, 1.54) is 0 Å². The SMILES string of the molecule is CCOC(=O)C1CCCN(C(=O)c2cc[nH]c2C)C1. The first-order chi connectivity index (χ1) is 9.13. The summed E-state index contributed by atoms with van der Waals surface area (Å²) in [5, 5.41) is 0. The maximum atomic E-state index is 12.4. The number of aromatic amines is 1. The van der Waals surface area contributed by atoms with E-state index in [2.05, 4.69) is 4.98 Å². The Morgan fingerprint density at radius 3 is 2.95 bits per heavy atom. The minimum absolute atomic E-state index is 0.00671. The molecule has 1 aliphatic rings. The zero-order valence-electron chi connectivity index (χ0n) is 11.4. The molecule has 1 N–H and O–H groups in total. The van der Waals surface area contributed by atoms with Crippen LogP contribution in [-0.2, 0) is 9.53 Å². The highest BCUT2D eigenvalue weighted by Crippen LogP contribution is 2.20. The van der Waals surface area contributed by atoms with Gasteiger partial charge in [-0.25, -0.2) is 0 Å². The van der Waals surface area contributed by atoms with Crippen LogP contribution in [0.4, 0.5) is 0 Å². The third-order valence-electron chi connectivity index (χ3n) is 3.51. The Hall–Kier alpha value is -1.78. The van der Waals surface area contributed by atoms with Gasteiger partial charge in [0.05, 0.1) is 18.1 Å². The maximum absolute atomic E-state index is 12.4. The van der Waals surface area contributed by atoms with Crippen LogP contribution in [0.5, 0.6) is 0 Å². The molecule has 1 aromatic rings. The summed E-state index contributed by atoms with van der Waals surface area (Å²) in [6.45, 7) is 5.23. The van der Waals surface area contributed by atoms with Crippen molar-refractivity contribution in [2.75, 3.05) is 19.7 Å². The number of carbonyl (C=O) groups is 2. The summed E-state index contributed by atoms with van der Waals surface area (Å²) >= 11 is 0. The van der Waals surface area contributed by atoms with Gasteiger partial charge in [0.2, 0.25) is 0 Å². The minimum Gasteiger partial charge on any atom is -0.466 e. The Kier molecular flexibility index (Phi) is 4.24. The van der Waals surface area contributed by atoms with E-state index in [0.29, 0.717) is 25.3 Å². The molecule has 1 aromatic heterocycles. The van der Waals surface area contributed by atoms with Crippen molar-refractivity contribution in [3.05, 3.63) is 23.5 Å². The molecule has 0 radical (unpaired) electrons. The number of nitrogens with one attached hydrogen (secondary N) is 1. The van der Waals surface area contributed by atoms with Crippen molar-refractivity contribution in [3.63, 3.8) is 0 Å².